The number of rotatable bonds is 9. The first-order valence-electron chi connectivity index (χ1n) is 9.38. The Hall–Kier alpha value is -1.93. The Labute approximate surface area is 160 Å². The Kier molecular flexibility index (Phi) is 7.23. The van der Waals surface area contributed by atoms with Gasteiger partial charge in [0, 0.05) is 38.8 Å². The molecule has 1 atom stereocenters. The molecule has 2 heterocycles. The minimum atomic E-state index is -0.487. The first kappa shape index (κ1) is 19.8. The van der Waals surface area contributed by atoms with E-state index in [9.17, 15) is 5.11 Å². The molecule has 1 aromatic heterocycles. The number of β-amino-alcohol motifs (C(OH)–C–C–N with tert-alkyl or cyclic N) is 1. The number of aromatic nitrogens is 1. The van der Waals surface area contributed by atoms with Crippen LogP contribution >= 0.6 is 0 Å². The SMILES string of the molecule is COc1cccc(COCC(O)CN2CCN(Cc3cc(C)no3)CC2)c1. The molecule has 0 spiro atoms. The largest absolute Gasteiger partial charge is 0.497 e. The molecule has 27 heavy (non-hydrogen) atoms. The second kappa shape index (κ2) is 9.85. The van der Waals surface area contributed by atoms with Crippen LogP contribution in [-0.2, 0) is 17.9 Å². The number of ether oxygens (including phenoxy) is 2. The minimum absolute atomic E-state index is 0.328. The molecule has 1 unspecified atom stereocenters. The Morgan fingerprint density at radius 3 is 2.67 bits per heavy atom. The fourth-order valence-corrected chi connectivity index (χ4v) is 3.27. The van der Waals surface area contributed by atoms with Crippen molar-refractivity contribution in [3.05, 3.63) is 47.3 Å². The number of hydrogen-bond donors (Lipinski definition) is 1. The van der Waals surface area contributed by atoms with Crippen LogP contribution in [0, 0.1) is 6.92 Å². The van der Waals surface area contributed by atoms with Crippen LogP contribution in [0.25, 0.3) is 0 Å². The van der Waals surface area contributed by atoms with Crippen molar-refractivity contribution in [2.24, 2.45) is 0 Å². The highest BCUT2D eigenvalue weighted by molar-refractivity contribution is 5.27. The second-order valence-corrected chi connectivity index (χ2v) is 7.03. The standard InChI is InChI=1S/C20H29N3O4/c1-16-10-20(27-21-16)13-23-8-6-22(7-9-23)12-18(24)15-26-14-17-4-3-5-19(11-17)25-2/h3-5,10-11,18,24H,6-9,12-15H2,1-2H3. The smallest absolute Gasteiger partial charge is 0.150 e. The van der Waals surface area contributed by atoms with Gasteiger partial charge < -0.3 is 19.1 Å². The molecule has 2 aromatic rings. The first-order valence-corrected chi connectivity index (χ1v) is 9.38. The van der Waals surface area contributed by atoms with Gasteiger partial charge in [-0.25, -0.2) is 0 Å². The van der Waals surface area contributed by atoms with Crippen LogP contribution < -0.4 is 4.74 Å². The zero-order valence-electron chi connectivity index (χ0n) is 16.1. The van der Waals surface area contributed by atoms with E-state index in [0.29, 0.717) is 19.8 Å². The third-order valence-electron chi connectivity index (χ3n) is 4.70. The van der Waals surface area contributed by atoms with E-state index < -0.39 is 6.10 Å². The molecule has 0 radical (unpaired) electrons. The molecule has 148 valence electrons. The molecule has 0 aliphatic carbocycles. The summed E-state index contributed by atoms with van der Waals surface area (Å²) in [6.45, 7) is 7.93. The number of nitrogens with zero attached hydrogens (tertiary/aromatic N) is 3. The van der Waals surface area contributed by atoms with Crippen LogP contribution in [0.15, 0.2) is 34.9 Å². The van der Waals surface area contributed by atoms with Crippen molar-refractivity contribution in [3.63, 3.8) is 0 Å². The molecular weight excluding hydrogens is 346 g/mol. The lowest BCUT2D eigenvalue weighted by atomic mass is 10.2. The van der Waals surface area contributed by atoms with Crippen LogP contribution in [0.5, 0.6) is 5.75 Å². The lowest BCUT2D eigenvalue weighted by molar-refractivity contribution is 0.000348. The van der Waals surface area contributed by atoms with Crippen LogP contribution in [0.4, 0.5) is 0 Å². The van der Waals surface area contributed by atoms with Gasteiger partial charge in [-0.1, -0.05) is 17.3 Å². The molecule has 1 fully saturated rings. The Bertz CT molecular complexity index is 698. The molecule has 0 bridgehead atoms. The third-order valence-corrected chi connectivity index (χ3v) is 4.70. The number of aryl methyl sites for hydroxylation is 1. The van der Waals surface area contributed by atoms with Crippen molar-refractivity contribution >= 4 is 0 Å². The molecular formula is C20H29N3O4. The minimum Gasteiger partial charge on any atom is -0.497 e. The predicted octanol–water partition coefficient (Wildman–Crippen LogP) is 1.69. The molecule has 0 amide bonds. The molecule has 3 rings (SSSR count). The maximum atomic E-state index is 10.3. The van der Waals surface area contributed by atoms with Crippen molar-refractivity contribution in [2.75, 3.05) is 46.4 Å². The van der Waals surface area contributed by atoms with Gasteiger partial charge in [0.25, 0.3) is 0 Å². The molecule has 1 N–H and O–H groups in total. The van der Waals surface area contributed by atoms with Crippen molar-refractivity contribution in [3.8, 4) is 5.75 Å². The predicted molar refractivity (Wildman–Crippen MR) is 102 cm³/mol. The molecule has 0 saturated carbocycles. The van der Waals surface area contributed by atoms with E-state index in [1.165, 1.54) is 0 Å². The second-order valence-electron chi connectivity index (χ2n) is 7.03. The summed E-state index contributed by atoms with van der Waals surface area (Å²) in [7, 11) is 1.65. The van der Waals surface area contributed by atoms with Gasteiger partial charge in [-0.2, -0.15) is 0 Å². The van der Waals surface area contributed by atoms with Crippen LogP contribution in [0.3, 0.4) is 0 Å². The zero-order valence-corrected chi connectivity index (χ0v) is 16.1. The van der Waals surface area contributed by atoms with E-state index in [0.717, 1.165) is 55.5 Å². The van der Waals surface area contributed by atoms with Gasteiger partial charge in [0.15, 0.2) is 5.76 Å². The number of aliphatic hydroxyl groups is 1. The van der Waals surface area contributed by atoms with Crippen molar-refractivity contribution in [2.45, 2.75) is 26.2 Å². The average molecular weight is 375 g/mol. The molecule has 1 aliphatic heterocycles. The number of piperazine rings is 1. The van der Waals surface area contributed by atoms with Crippen molar-refractivity contribution in [1.82, 2.24) is 15.0 Å². The quantitative estimate of drug-likeness (QED) is 0.715. The van der Waals surface area contributed by atoms with Crippen molar-refractivity contribution < 1.29 is 19.1 Å². The summed E-state index contributed by atoms with van der Waals surface area (Å²) < 4.78 is 16.2. The van der Waals surface area contributed by atoms with Gasteiger partial charge in [0.05, 0.1) is 38.7 Å². The van der Waals surface area contributed by atoms with Crippen LogP contribution in [0.2, 0.25) is 0 Å². The number of methoxy groups -OCH3 is 1. The lowest BCUT2D eigenvalue weighted by Gasteiger charge is -2.35. The summed E-state index contributed by atoms with van der Waals surface area (Å²) in [6, 6.07) is 9.76. The zero-order chi connectivity index (χ0) is 19.1. The van der Waals surface area contributed by atoms with E-state index in [1.54, 1.807) is 7.11 Å². The summed E-state index contributed by atoms with van der Waals surface area (Å²) >= 11 is 0. The van der Waals surface area contributed by atoms with Gasteiger partial charge in [0.2, 0.25) is 0 Å². The Balaban J connectivity index is 1.32. The van der Waals surface area contributed by atoms with E-state index in [1.807, 2.05) is 37.3 Å². The Morgan fingerprint density at radius 2 is 1.96 bits per heavy atom. The lowest BCUT2D eigenvalue weighted by Crippen LogP contribution is -2.48. The maximum Gasteiger partial charge on any atom is 0.150 e. The van der Waals surface area contributed by atoms with Crippen molar-refractivity contribution in [1.29, 1.82) is 0 Å². The molecule has 7 heteroatoms. The highest BCUT2D eigenvalue weighted by Gasteiger charge is 2.20. The monoisotopic (exact) mass is 375 g/mol. The summed E-state index contributed by atoms with van der Waals surface area (Å²) in [6.07, 6.45) is -0.487. The topological polar surface area (TPSA) is 71.2 Å². The van der Waals surface area contributed by atoms with E-state index in [2.05, 4.69) is 15.0 Å². The first-order chi connectivity index (χ1) is 13.1. The molecule has 1 aliphatic rings. The van der Waals surface area contributed by atoms with Gasteiger partial charge >= 0.3 is 0 Å². The van der Waals surface area contributed by atoms with Gasteiger partial charge in [-0.05, 0) is 24.6 Å². The average Bonchev–Trinajstić information content (AvgIpc) is 3.08. The number of aliphatic hydroxyl groups excluding tert-OH is 1. The van der Waals surface area contributed by atoms with E-state index in [-0.39, 0.29) is 0 Å². The number of hydrogen-bond acceptors (Lipinski definition) is 7. The van der Waals surface area contributed by atoms with Crippen LogP contribution in [-0.4, -0.2) is 72.6 Å². The molecule has 7 nitrogen and oxygen atoms in total. The normalized spacial score (nSPS) is 17.1. The van der Waals surface area contributed by atoms with Gasteiger partial charge in [-0.15, -0.1) is 0 Å². The summed E-state index contributed by atoms with van der Waals surface area (Å²) in [4.78, 5) is 4.63. The fourth-order valence-electron chi connectivity index (χ4n) is 3.27. The third kappa shape index (κ3) is 6.32. The number of benzene rings is 1. The van der Waals surface area contributed by atoms with E-state index in [4.69, 9.17) is 14.0 Å². The highest BCUT2D eigenvalue weighted by Crippen LogP contribution is 2.14. The Morgan fingerprint density at radius 1 is 1.19 bits per heavy atom. The summed E-state index contributed by atoms with van der Waals surface area (Å²) in [5, 5.41) is 14.2. The summed E-state index contributed by atoms with van der Waals surface area (Å²) in [5.74, 6) is 1.72. The van der Waals surface area contributed by atoms with E-state index >= 15 is 0 Å². The fraction of sp³-hybridized carbons (Fsp3) is 0.550. The highest BCUT2D eigenvalue weighted by atomic mass is 16.5. The molecule has 1 aromatic carbocycles. The van der Waals surface area contributed by atoms with Gasteiger partial charge in [0.1, 0.15) is 5.75 Å². The van der Waals surface area contributed by atoms with Gasteiger partial charge in [-0.3, -0.25) is 9.80 Å². The molecule has 1 saturated heterocycles. The van der Waals surface area contributed by atoms with Crippen LogP contribution in [0.1, 0.15) is 17.0 Å². The summed E-state index contributed by atoms with van der Waals surface area (Å²) in [5.41, 5.74) is 1.96. The maximum absolute atomic E-state index is 10.3.